The van der Waals surface area contributed by atoms with E-state index in [1.807, 2.05) is 67.6 Å². The van der Waals surface area contributed by atoms with Crippen LogP contribution in [0, 0.1) is 5.92 Å². The van der Waals surface area contributed by atoms with E-state index < -0.39 is 28.7 Å². The molecule has 4 atom stereocenters. The highest BCUT2D eigenvalue weighted by atomic mass is 32.2. The number of para-hydroxylation sites is 3. The molecule has 0 unspecified atom stereocenters. The number of nitrogens with one attached hydrogen (secondary N) is 1. The molecule has 284 valence electrons. The molecule has 12 heteroatoms. The summed E-state index contributed by atoms with van der Waals surface area (Å²) in [7, 11) is -0.826. The number of carbonyl (C=O) groups is 1. The summed E-state index contributed by atoms with van der Waals surface area (Å²) in [4.78, 5) is 19.5. The Balaban J connectivity index is 1.36. The Hall–Kier alpha value is -5.17. The quantitative estimate of drug-likeness (QED) is 0.0948. The number of benzene rings is 4. The minimum absolute atomic E-state index is 0.0583. The predicted molar refractivity (Wildman–Crippen MR) is 207 cm³/mol. The second-order valence-electron chi connectivity index (χ2n) is 13.7. The highest BCUT2D eigenvalue weighted by Gasteiger charge is 2.42. The summed E-state index contributed by atoms with van der Waals surface area (Å²) in [5, 5.41) is 9.48. The molecule has 2 N–H and O–H groups in total. The third-order valence-corrected chi connectivity index (χ3v) is 11.7. The van der Waals surface area contributed by atoms with Crippen LogP contribution in [0.25, 0.3) is 11.0 Å². The molecule has 0 spiro atoms. The first kappa shape index (κ1) is 38.6. The van der Waals surface area contributed by atoms with Gasteiger partial charge in [-0.1, -0.05) is 62.2 Å². The Morgan fingerprint density at radius 3 is 2.44 bits per heavy atom. The molecule has 1 saturated heterocycles. The average molecular weight is 754 g/mol. The zero-order valence-electron chi connectivity index (χ0n) is 31.0. The van der Waals surface area contributed by atoms with Crippen LogP contribution in [0.2, 0.25) is 0 Å². The van der Waals surface area contributed by atoms with Gasteiger partial charge in [-0.2, -0.15) is 4.31 Å². The number of imidazole rings is 1. The van der Waals surface area contributed by atoms with Crippen molar-refractivity contribution in [2.24, 2.45) is 5.92 Å². The largest absolute Gasteiger partial charge is 0.496 e. The van der Waals surface area contributed by atoms with Gasteiger partial charge in [0.25, 0.3) is 0 Å². The van der Waals surface area contributed by atoms with Crippen LogP contribution >= 0.6 is 0 Å². The first-order valence-electron chi connectivity index (χ1n) is 18.1. The summed E-state index contributed by atoms with van der Waals surface area (Å²) in [5.74, 6) is 1.05. The maximum absolute atomic E-state index is 14.1. The third-order valence-electron chi connectivity index (χ3n) is 9.86. The molecule has 1 aliphatic rings. The van der Waals surface area contributed by atoms with Crippen molar-refractivity contribution >= 4 is 27.0 Å². The van der Waals surface area contributed by atoms with E-state index in [2.05, 4.69) is 23.5 Å². The normalized spacial score (nSPS) is 18.8. The molecule has 1 fully saturated rings. The molecule has 54 heavy (non-hydrogen) atoms. The molecule has 0 saturated carbocycles. The highest BCUT2D eigenvalue weighted by molar-refractivity contribution is 7.89. The molecule has 0 amide bonds. The molecule has 1 aliphatic heterocycles. The number of aromatic nitrogens is 2. The van der Waals surface area contributed by atoms with Crippen molar-refractivity contribution in [1.82, 2.24) is 14.3 Å². The number of nitrogens with zero attached hydrogens (tertiary/aromatic N) is 2. The fourth-order valence-corrected chi connectivity index (χ4v) is 8.27. The number of unbranched alkanes of at least 4 members (excludes halogenated alkanes) is 1. The van der Waals surface area contributed by atoms with Gasteiger partial charge in [-0.25, -0.2) is 18.2 Å². The van der Waals surface area contributed by atoms with E-state index in [-0.39, 0.29) is 29.4 Å². The number of carboxylic acid groups (broad SMARTS) is 1. The summed E-state index contributed by atoms with van der Waals surface area (Å²) < 4.78 is 54.4. The average Bonchev–Trinajstić information content (AvgIpc) is 3.58. The van der Waals surface area contributed by atoms with Crippen LogP contribution in [0.15, 0.2) is 108 Å². The topological polar surface area (TPSA) is 140 Å². The first-order chi connectivity index (χ1) is 26.0. The van der Waals surface area contributed by atoms with Gasteiger partial charge in [-0.05, 0) is 80.4 Å². The minimum atomic E-state index is -3.95. The fourth-order valence-electron chi connectivity index (χ4n) is 7.11. The molecular formula is C42H47N3O8S. The Morgan fingerprint density at radius 1 is 1.00 bits per heavy atom. The zero-order chi connectivity index (χ0) is 38.4. The number of hydrogen-bond acceptors (Lipinski definition) is 8. The van der Waals surface area contributed by atoms with Crippen LogP contribution in [0.4, 0.5) is 0 Å². The molecule has 0 radical (unpaired) electrons. The number of rotatable bonds is 16. The Labute approximate surface area is 316 Å². The maximum atomic E-state index is 14.1. The number of ether oxygens (including phenoxy) is 4. The van der Waals surface area contributed by atoms with E-state index in [0.717, 1.165) is 35.0 Å². The van der Waals surface area contributed by atoms with E-state index in [1.54, 1.807) is 44.5 Å². The number of aliphatic carboxylic acids is 1. The van der Waals surface area contributed by atoms with Crippen molar-refractivity contribution in [3.63, 3.8) is 0 Å². The van der Waals surface area contributed by atoms with Gasteiger partial charge in [0.15, 0.2) is 6.61 Å². The minimum Gasteiger partial charge on any atom is -0.496 e. The number of fused-ring (bicyclic) bond motifs is 1. The van der Waals surface area contributed by atoms with Gasteiger partial charge in [0.1, 0.15) is 28.8 Å². The van der Waals surface area contributed by atoms with Crippen molar-refractivity contribution in [3.05, 3.63) is 120 Å². The van der Waals surface area contributed by atoms with Crippen molar-refractivity contribution in [2.45, 2.75) is 69.1 Å². The number of hydrogen-bond donors (Lipinski definition) is 2. The summed E-state index contributed by atoms with van der Waals surface area (Å²) in [6, 6.07) is 27.2. The summed E-state index contributed by atoms with van der Waals surface area (Å²) >= 11 is 0. The number of H-pyrrole nitrogens is 1. The lowest BCUT2D eigenvalue weighted by molar-refractivity contribution is -0.139. The van der Waals surface area contributed by atoms with Gasteiger partial charge in [0.2, 0.25) is 10.0 Å². The lowest BCUT2D eigenvalue weighted by Crippen LogP contribution is -2.36. The maximum Gasteiger partial charge on any atom is 0.341 e. The molecule has 0 bridgehead atoms. The Morgan fingerprint density at radius 2 is 1.74 bits per heavy atom. The van der Waals surface area contributed by atoms with E-state index in [1.165, 1.54) is 4.31 Å². The molecule has 6 rings (SSSR count). The second-order valence-corrected chi connectivity index (χ2v) is 15.7. The smallest absolute Gasteiger partial charge is 0.341 e. The molecule has 0 aliphatic carbocycles. The third kappa shape index (κ3) is 8.62. The monoisotopic (exact) mass is 753 g/mol. The van der Waals surface area contributed by atoms with E-state index in [9.17, 15) is 18.3 Å². The van der Waals surface area contributed by atoms with Crippen molar-refractivity contribution < 1.29 is 37.3 Å². The summed E-state index contributed by atoms with van der Waals surface area (Å²) in [5.41, 5.74) is 3.83. The van der Waals surface area contributed by atoms with Gasteiger partial charge in [-0.15, -0.1) is 0 Å². The van der Waals surface area contributed by atoms with Gasteiger partial charge < -0.3 is 29.0 Å². The van der Waals surface area contributed by atoms with Crippen LogP contribution in [0.1, 0.15) is 68.5 Å². The fraction of sp³-hybridized carbons (Fsp3) is 0.333. The first-order valence-corrected chi connectivity index (χ1v) is 19.5. The van der Waals surface area contributed by atoms with Gasteiger partial charge >= 0.3 is 5.97 Å². The molecule has 1 aromatic heterocycles. The molecular weight excluding hydrogens is 707 g/mol. The molecule has 11 nitrogen and oxygen atoms in total. The standard InChI is InChI=1S/C42H47N3O8S/c1-6-7-17-39-33(32-23-30(19-21-37(32)50-5)54(48,49)45(4)25-40-43-35-15-11-12-16-36(35)44-40)24-31(27(2)3)42(53-39)34-22-29(52-28-13-9-8-10-14-28)18-20-38(34)51-26-41(46)47/h8-16,18-23,31,33,39,42H,2,6-7,17,24-26H2,1,3-5H3,(H,43,44)(H,46,47)/t31-,33-,39+,42+/m0/s1. The van der Waals surface area contributed by atoms with E-state index >= 15 is 0 Å². The molecule has 2 heterocycles. The van der Waals surface area contributed by atoms with Crippen LogP contribution in [-0.4, -0.2) is 60.6 Å². The van der Waals surface area contributed by atoms with E-state index in [0.29, 0.717) is 47.2 Å². The lowest BCUT2D eigenvalue weighted by Gasteiger charge is -2.43. The summed E-state index contributed by atoms with van der Waals surface area (Å²) in [6.45, 7) is 7.94. The SMILES string of the molecule is C=C(C)[C@@H]1C[C@@H](c2cc(S(=O)(=O)N(C)Cc3nc4ccccc4[nH]3)ccc2OC)[C@@H](CCCC)O[C@H]1c1cc(Oc2ccccc2)ccc1OCC(=O)O. The van der Waals surface area contributed by atoms with Gasteiger partial charge in [0, 0.05) is 30.0 Å². The van der Waals surface area contributed by atoms with Gasteiger partial charge in [0.05, 0.1) is 41.8 Å². The second kappa shape index (κ2) is 16.9. The number of sulfonamides is 1. The number of methoxy groups -OCH3 is 1. The van der Waals surface area contributed by atoms with Crippen molar-refractivity contribution in [3.8, 4) is 23.0 Å². The van der Waals surface area contributed by atoms with Crippen LogP contribution < -0.4 is 14.2 Å². The van der Waals surface area contributed by atoms with Crippen molar-refractivity contribution in [2.75, 3.05) is 20.8 Å². The molecule has 4 aromatic carbocycles. The Kier molecular flexibility index (Phi) is 12.1. The van der Waals surface area contributed by atoms with Crippen LogP contribution in [-0.2, 0) is 26.1 Å². The van der Waals surface area contributed by atoms with Crippen molar-refractivity contribution in [1.29, 1.82) is 0 Å². The Bertz CT molecular complexity index is 2170. The molecule has 5 aromatic rings. The summed E-state index contributed by atoms with van der Waals surface area (Å²) in [6.07, 6.45) is 2.13. The highest BCUT2D eigenvalue weighted by Crippen LogP contribution is 2.51. The van der Waals surface area contributed by atoms with E-state index in [4.69, 9.17) is 18.9 Å². The number of aromatic amines is 1. The predicted octanol–water partition coefficient (Wildman–Crippen LogP) is 8.64. The number of carboxylic acids is 1. The zero-order valence-corrected chi connectivity index (χ0v) is 31.8. The lowest BCUT2D eigenvalue weighted by atomic mass is 9.74. The van der Waals surface area contributed by atoms with Crippen LogP contribution in [0.5, 0.6) is 23.0 Å². The van der Waals surface area contributed by atoms with Crippen LogP contribution in [0.3, 0.4) is 0 Å². The van der Waals surface area contributed by atoms with Gasteiger partial charge in [-0.3, -0.25) is 0 Å².